The second kappa shape index (κ2) is 7.97. The zero-order valence-electron chi connectivity index (χ0n) is 14.4. The van der Waals surface area contributed by atoms with E-state index in [9.17, 15) is 20.1 Å². The Balaban J connectivity index is 1.93. The Labute approximate surface area is 152 Å². The average Bonchev–Trinajstić information content (AvgIpc) is 3.13. The van der Waals surface area contributed by atoms with E-state index < -0.39 is 30.4 Å². The highest BCUT2D eigenvalue weighted by molar-refractivity contribution is 5.82. The van der Waals surface area contributed by atoms with Crippen LogP contribution in [0, 0.1) is 0 Å². The Kier molecular flexibility index (Phi) is 5.68. The third-order valence-electron chi connectivity index (χ3n) is 4.86. The minimum Gasteiger partial charge on any atom is -0.394 e. The fraction of sp³-hybridized carbons (Fsp3) is 0.350. The normalized spacial score (nSPS) is 21.3. The van der Waals surface area contributed by atoms with Crippen LogP contribution in [-0.4, -0.2) is 52.6 Å². The Morgan fingerprint density at radius 2 is 1.65 bits per heavy atom. The molecule has 2 aromatic rings. The van der Waals surface area contributed by atoms with Crippen LogP contribution >= 0.6 is 0 Å². The number of hydrogen-bond donors (Lipinski definition) is 5. The molecule has 1 aliphatic heterocycles. The lowest BCUT2D eigenvalue weighted by Gasteiger charge is -2.37. The van der Waals surface area contributed by atoms with Gasteiger partial charge >= 0.3 is 0 Å². The Morgan fingerprint density at radius 1 is 1.12 bits per heavy atom. The van der Waals surface area contributed by atoms with Crippen molar-refractivity contribution in [1.82, 2.24) is 10.6 Å². The maximum Gasteiger partial charge on any atom is 0.237 e. The summed E-state index contributed by atoms with van der Waals surface area (Å²) in [4.78, 5) is 12.6. The predicted octanol–water partition coefficient (Wildman–Crippen LogP) is 0.122. The summed E-state index contributed by atoms with van der Waals surface area (Å²) in [6, 6.07) is 16.4. The summed E-state index contributed by atoms with van der Waals surface area (Å²) in [6.07, 6.45) is -0.264. The number of benzene rings is 2. The molecule has 1 saturated heterocycles. The van der Waals surface area contributed by atoms with Gasteiger partial charge in [0, 0.05) is 6.54 Å². The van der Waals surface area contributed by atoms with Crippen LogP contribution in [-0.2, 0) is 10.4 Å². The number of hydrogen-bond acceptors (Lipinski definition) is 5. The van der Waals surface area contributed by atoms with Gasteiger partial charge in [-0.05, 0) is 17.5 Å². The molecule has 0 saturated carbocycles. The van der Waals surface area contributed by atoms with Crippen LogP contribution in [0.1, 0.15) is 17.5 Å². The van der Waals surface area contributed by atoms with E-state index in [1.54, 1.807) is 48.5 Å². The van der Waals surface area contributed by atoms with Crippen molar-refractivity contribution < 1.29 is 20.1 Å². The standard InChI is InChI=1S/C20H24N2O4/c23-13-18(22-19(25)17-11-16(24)12-21-17)20(26,14-7-3-1-4-8-14)15-9-5-2-6-10-15/h1-10,16-18,21,23-24,26H,11-13H2,(H,22,25)/t16-,17+,18-/m1/s1. The number of aliphatic hydroxyl groups excluding tert-OH is 2. The Hall–Kier alpha value is -2.25. The van der Waals surface area contributed by atoms with Gasteiger partial charge in [0.15, 0.2) is 0 Å². The van der Waals surface area contributed by atoms with Gasteiger partial charge < -0.3 is 26.0 Å². The molecule has 26 heavy (non-hydrogen) atoms. The van der Waals surface area contributed by atoms with E-state index >= 15 is 0 Å². The zero-order valence-corrected chi connectivity index (χ0v) is 14.4. The predicted molar refractivity (Wildman–Crippen MR) is 97.3 cm³/mol. The van der Waals surface area contributed by atoms with Gasteiger partial charge in [0.05, 0.1) is 24.8 Å². The number of rotatable bonds is 6. The van der Waals surface area contributed by atoms with Gasteiger partial charge in [0.25, 0.3) is 0 Å². The number of carbonyl (C=O) groups is 1. The van der Waals surface area contributed by atoms with E-state index in [0.29, 0.717) is 24.1 Å². The van der Waals surface area contributed by atoms with E-state index in [4.69, 9.17) is 0 Å². The molecule has 3 atom stereocenters. The van der Waals surface area contributed by atoms with Gasteiger partial charge in [0.2, 0.25) is 5.91 Å². The van der Waals surface area contributed by atoms with Crippen molar-refractivity contribution in [2.75, 3.05) is 13.2 Å². The highest BCUT2D eigenvalue weighted by atomic mass is 16.3. The molecule has 2 aromatic carbocycles. The van der Waals surface area contributed by atoms with Crippen molar-refractivity contribution in [3.63, 3.8) is 0 Å². The quantitative estimate of drug-likeness (QED) is 0.506. The largest absolute Gasteiger partial charge is 0.394 e. The first-order valence-corrected chi connectivity index (χ1v) is 8.71. The van der Waals surface area contributed by atoms with Crippen LogP contribution in [0.3, 0.4) is 0 Å². The third kappa shape index (κ3) is 3.64. The fourth-order valence-corrected chi connectivity index (χ4v) is 3.42. The summed E-state index contributed by atoms with van der Waals surface area (Å²) in [6.45, 7) is -0.0924. The first-order valence-electron chi connectivity index (χ1n) is 8.71. The molecule has 1 aliphatic rings. The molecule has 5 N–H and O–H groups in total. The first-order chi connectivity index (χ1) is 12.6. The molecule has 1 amide bonds. The van der Waals surface area contributed by atoms with Gasteiger partial charge in [-0.1, -0.05) is 60.7 Å². The smallest absolute Gasteiger partial charge is 0.237 e. The molecule has 0 aromatic heterocycles. The average molecular weight is 356 g/mol. The van der Waals surface area contributed by atoms with E-state index in [1.165, 1.54) is 0 Å². The summed E-state index contributed by atoms with van der Waals surface area (Å²) in [5.74, 6) is -0.356. The highest BCUT2D eigenvalue weighted by Gasteiger charge is 2.42. The monoisotopic (exact) mass is 356 g/mol. The number of amides is 1. The van der Waals surface area contributed by atoms with Crippen molar-refractivity contribution in [1.29, 1.82) is 0 Å². The van der Waals surface area contributed by atoms with Crippen LogP contribution in [0.4, 0.5) is 0 Å². The molecule has 0 bridgehead atoms. The second-order valence-electron chi connectivity index (χ2n) is 6.59. The number of carbonyl (C=O) groups excluding carboxylic acids is 1. The van der Waals surface area contributed by atoms with E-state index in [2.05, 4.69) is 10.6 Å². The number of nitrogens with one attached hydrogen (secondary N) is 2. The lowest BCUT2D eigenvalue weighted by Crippen LogP contribution is -2.56. The maximum atomic E-state index is 12.6. The van der Waals surface area contributed by atoms with Gasteiger partial charge in [-0.25, -0.2) is 0 Å². The third-order valence-corrected chi connectivity index (χ3v) is 4.86. The lowest BCUT2D eigenvalue weighted by atomic mass is 9.80. The minimum absolute atomic E-state index is 0.305. The van der Waals surface area contributed by atoms with Gasteiger partial charge in [-0.2, -0.15) is 0 Å². The lowest BCUT2D eigenvalue weighted by molar-refractivity contribution is -0.126. The van der Waals surface area contributed by atoms with E-state index in [0.717, 1.165) is 0 Å². The van der Waals surface area contributed by atoms with E-state index in [1.807, 2.05) is 12.1 Å². The molecule has 6 heteroatoms. The Morgan fingerprint density at radius 3 is 2.08 bits per heavy atom. The fourth-order valence-electron chi connectivity index (χ4n) is 3.42. The van der Waals surface area contributed by atoms with Gasteiger partial charge in [-0.3, -0.25) is 4.79 Å². The van der Waals surface area contributed by atoms with Crippen LogP contribution in [0.15, 0.2) is 60.7 Å². The van der Waals surface area contributed by atoms with Crippen LogP contribution in [0.2, 0.25) is 0 Å². The molecule has 0 radical (unpaired) electrons. The van der Waals surface area contributed by atoms with Crippen molar-refractivity contribution in [3.8, 4) is 0 Å². The molecule has 3 rings (SSSR count). The summed E-state index contributed by atoms with van der Waals surface area (Å²) >= 11 is 0. The highest BCUT2D eigenvalue weighted by Crippen LogP contribution is 2.33. The molecule has 1 fully saturated rings. The SMILES string of the molecule is O=C(N[C@H](CO)C(O)(c1ccccc1)c1ccccc1)[C@@H]1C[C@@H](O)CN1. The van der Waals surface area contributed by atoms with Gasteiger partial charge in [0.1, 0.15) is 5.60 Å². The molecular formula is C20H24N2O4. The van der Waals surface area contributed by atoms with Crippen LogP contribution in [0.5, 0.6) is 0 Å². The van der Waals surface area contributed by atoms with Crippen molar-refractivity contribution >= 4 is 5.91 Å². The number of aliphatic hydroxyl groups is 3. The first kappa shape index (κ1) is 18.5. The molecule has 1 heterocycles. The molecular weight excluding hydrogens is 332 g/mol. The zero-order chi connectivity index (χ0) is 18.6. The maximum absolute atomic E-state index is 12.6. The van der Waals surface area contributed by atoms with Crippen LogP contribution in [0.25, 0.3) is 0 Å². The molecule has 0 spiro atoms. The van der Waals surface area contributed by atoms with E-state index in [-0.39, 0.29) is 5.91 Å². The summed E-state index contributed by atoms with van der Waals surface area (Å²) < 4.78 is 0. The molecule has 6 nitrogen and oxygen atoms in total. The van der Waals surface area contributed by atoms with Gasteiger partial charge in [-0.15, -0.1) is 0 Å². The van der Waals surface area contributed by atoms with Crippen molar-refractivity contribution in [3.05, 3.63) is 71.8 Å². The summed E-state index contributed by atoms with van der Waals surface area (Å²) in [5, 5.41) is 36.9. The summed E-state index contributed by atoms with van der Waals surface area (Å²) in [5.41, 5.74) is -0.445. The molecule has 138 valence electrons. The topological polar surface area (TPSA) is 102 Å². The molecule has 0 unspecified atom stereocenters. The van der Waals surface area contributed by atoms with Crippen molar-refractivity contribution in [2.24, 2.45) is 0 Å². The number of β-amino-alcohol motifs (C(OH)–C–C–N with tert-alkyl or cyclic N) is 1. The van der Waals surface area contributed by atoms with Crippen molar-refractivity contribution in [2.45, 2.75) is 30.2 Å². The Bertz CT molecular complexity index is 684. The van der Waals surface area contributed by atoms with Crippen LogP contribution < -0.4 is 10.6 Å². The summed E-state index contributed by atoms with van der Waals surface area (Å²) in [7, 11) is 0. The molecule has 0 aliphatic carbocycles. The second-order valence-corrected chi connectivity index (χ2v) is 6.59. The minimum atomic E-state index is -1.59.